The van der Waals surface area contributed by atoms with Crippen LogP contribution in [-0.4, -0.2) is 57.2 Å². The monoisotopic (exact) mass is 596 g/mol. The molecule has 1 saturated carbocycles. The van der Waals surface area contributed by atoms with E-state index in [4.69, 9.17) is 0 Å². The van der Waals surface area contributed by atoms with Crippen LogP contribution in [0.5, 0.6) is 0 Å². The molecule has 0 spiro atoms. The van der Waals surface area contributed by atoms with Crippen LogP contribution in [0.15, 0.2) is 16.8 Å². The van der Waals surface area contributed by atoms with Crippen LogP contribution < -0.4 is 10.6 Å². The highest BCUT2D eigenvalue weighted by Gasteiger charge is 2.40. The number of hydrogen-bond donors (Lipinski definition) is 3. The van der Waals surface area contributed by atoms with Crippen molar-refractivity contribution >= 4 is 22.8 Å². The molecular formula is C24H24F8N6O3. The number of carbonyl (C=O) groups excluding carboxylic acids is 2. The minimum Gasteiger partial charge on any atom is -0.346 e. The Balaban J connectivity index is 1.69. The number of aryl methyl sites for hydroxylation is 1. The molecule has 4 rings (SSSR count). The average Bonchev–Trinajstić information content (AvgIpc) is 3.51. The fourth-order valence-corrected chi connectivity index (χ4v) is 4.81. The number of fused-ring (bicyclic) bond motifs is 1. The van der Waals surface area contributed by atoms with E-state index in [1.165, 1.54) is 18.3 Å². The molecule has 2 heterocycles. The second-order valence-corrected chi connectivity index (χ2v) is 9.84. The Morgan fingerprint density at radius 2 is 1.85 bits per heavy atom. The van der Waals surface area contributed by atoms with Crippen molar-refractivity contribution in [3.05, 3.63) is 40.7 Å². The maximum atomic E-state index is 15.6. The summed E-state index contributed by atoms with van der Waals surface area (Å²) in [7, 11) is 0. The Hall–Kier alpha value is -3.79. The van der Waals surface area contributed by atoms with Crippen molar-refractivity contribution in [1.29, 1.82) is 0 Å². The molecule has 0 saturated heterocycles. The van der Waals surface area contributed by atoms with Crippen molar-refractivity contribution in [2.75, 3.05) is 6.54 Å². The van der Waals surface area contributed by atoms with Crippen LogP contribution in [0.25, 0.3) is 11.0 Å². The number of benzene rings is 1. The van der Waals surface area contributed by atoms with E-state index in [9.17, 15) is 40.3 Å². The number of hydrogen-bond acceptors (Lipinski definition) is 6. The van der Waals surface area contributed by atoms with Gasteiger partial charge in [-0.15, -0.1) is 0 Å². The predicted molar refractivity (Wildman–Crippen MR) is 125 cm³/mol. The molecule has 41 heavy (non-hydrogen) atoms. The van der Waals surface area contributed by atoms with Gasteiger partial charge in [0.15, 0.2) is 11.5 Å². The van der Waals surface area contributed by atoms with Gasteiger partial charge in [0.2, 0.25) is 18.3 Å². The summed E-state index contributed by atoms with van der Waals surface area (Å²) in [6.45, 7) is -0.356. The van der Waals surface area contributed by atoms with Gasteiger partial charge in [-0.1, -0.05) is 11.2 Å². The molecule has 2 amide bonds. The summed E-state index contributed by atoms with van der Waals surface area (Å²) in [4.78, 5) is 32.2. The molecule has 3 N–H and O–H groups in total. The molecule has 9 nitrogen and oxygen atoms in total. The molecule has 2 atom stereocenters. The zero-order chi connectivity index (χ0) is 30.1. The van der Waals surface area contributed by atoms with Crippen LogP contribution in [0.4, 0.5) is 35.1 Å². The van der Waals surface area contributed by atoms with E-state index in [2.05, 4.69) is 30.2 Å². The van der Waals surface area contributed by atoms with E-state index < -0.39 is 90.9 Å². The van der Waals surface area contributed by atoms with Crippen molar-refractivity contribution in [3.8, 4) is 0 Å². The van der Waals surface area contributed by atoms with Gasteiger partial charge in [0.05, 0.1) is 17.5 Å². The molecule has 0 radical (unpaired) electrons. The second kappa shape index (κ2) is 11.6. The van der Waals surface area contributed by atoms with Crippen molar-refractivity contribution in [2.45, 2.75) is 69.5 Å². The first-order chi connectivity index (χ1) is 19.1. The molecule has 0 unspecified atom stereocenters. The van der Waals surface area contributed by atoms with Crippen molar-refractivity contribution in [2.24, 2.45) is 5.92 Å². The first-order valence-corrected chi connectivity index (χ1v) is 12.4. The highest BCUT2D eigenvalue weighted by atomic mass is 19.4. The predicted octanol–water partition coefficient (Wildman–Crippen LogP) is 5.11. The summed E-state index contributed by atoms with van der Waals surface area (Å²) in [6.07, 6.45) is -10.3. The van der Waals surface area contributed by atoms with Gasteiger partial charge in [-0.05, 0) is 36.9 Å². The lowest BCUT2D eigenvalue weighted by molar-refractivity contribution is -0.139. The van der Waals surface area contributed by atoms with E-state index in [-0.39, 0.29) is 35.6 Å². The summed E-state index contributed by atoms with van der Waals surface area (Å²) in [6, 6.07) is 1.11. The second-order valence-electron chi connectivity index (χ2n) is 9.84. The molecule has 1 fully saturated rings. The number of aromatic amines is 1. The Labute approximate surface area is 226 Å². The van der Waals surface area contributed by atoms with Crippen LogP contribution in [0, 0.1) is 18.7 Å². The number of aromatic nitrogens is 4. The van der Waals surface area contributed by atoms with Gasteiger partial charge < -0.3 is 15.6 Å². The van der Waals surface area contributed by atoms with Crippen LogP contribution in [-0.2, 0) is 4.79 Å². The van der Waals surface area contributed by atoms with Crippen LogP contribution in [0.1, 0.15) is 71.6 Å². The molecule has 1 aliphatic carbocycles. The lowest BCUT2D eigenvalue weighted by Gasteiger charge is -2.33. The summed E-state index contributed by atoms with van der Waals surface area (Å²) in [5.41, 5.74) is -1.09. The summed E-state index contributed by atoms with van der Waals surface area (Å²) < 4.78 is 112. The SMILES string of the molecule is Cc1nonc1C(=O)N[C@H](c1nc2c(F)c([C@@H](CC(F)F)C(=O)NCC(F)(F)F)ccc2[nH]1)C1CCC(F)(F)CC1. The number of H-pyrrole nitrogens is 1. The van der Waals surface area contributed by atoms with Crippen molar-refractivity contribution in [3.63, 3.8) is 0 Å². The van der Waals surface area contributed by atoms with Crippen LogP contribution in [0.2, 0.25) is 0 Å². The van der Waals surface area contributed by atoms with Crippen molar-refractivity contribution in [1.82, 2.24) is 30.9 Å². The van der Waals surface area contributed by atoms with Gasteiger partial charge in [0, 0.05) is 24.8 Å². The van der Waals surface area contributed by atoms with Gasteiger partial charge >= 0.3 is 6.18 Å². The molecule has 2 aromatic heterocycles. The molecule has 1 aliphatic rings. The largest absolute Gasteiger partial charge is 0.405 e. The summed E-state index contributed by atoms with van der Waals surface area (Å²) in [5, 5.41) is 11.2. The number of alkyl halides is 7. The smallest absolute Gasteiger partial charge is 0.346 e. The standard InChI is InChI=1S/C24H24F8N6O3/c1-10-17(38-41-37-10)22(40)36-18(11-4-6-23(28,29)7-5-11)20-34-14-3-2-12(16(27)19(14)35-20)13(8-15(25)26)21(39)33-9-24(30,31)32/h2-3,11,13,15,18H,4-9H2,1H3,(H,33,39)(H,34,35)(H,36,40)/t13-,18+/m1/s1. The first kappa shape index (κ1) is 30.2. The number of nitrogens with zero attached hydrogens (tertiary/aromatic N) is 3. The lowest BCUT2D eigenvalue weighted by Crippen LogP contribution is -2.38. The third-order valence-electron chi connectivity index (χ3n) is 6.89. The van der Waals surface area contributed by atoms with E-state index in [0.717, 1.165) is 6.07 Å². The Kier molecular flexibility index (Phi) is 8.54. The topological polar surface area (TPSA) is 126 Å². The molecule has 1 aromatic carbocycles. The maximum absolute atomic E-state index is 15.6. The summed E-state index contributed by atoms with van der Waals surface area (Å²) >= 11 is 0. The van der Waals surface area contributed by atoms with E-state index in [0.29, 0.717) is 0 Å². The highest BCUT2D eigenvalue weighted by molar-refractivity contribution is 5.93. The molecular weight excluding hydrogens is 572 g/mol. The van der Waals surface area contributed by atoms with Crippen LogP contribution >= 0.6 is 0 Å². The third-order valence-corrected chi connectivity index (χ3v) is 6.89. The van der Waals surface area contributed by atoms with Gasteiger partial charge in [0.1, 0.15) is 23.6 Å². The fraction of sp³-hybridized carbons (Fsp3) is 0.542. The zero-order valence-electron chi connectivity index (χ0n) is 21.3. The first-order valence-electron chi connectivity index (χ1n) is 12.4. The minimum atomic E-state index is -4.83. The summed E-state index contributed by atoms with van der Waals surface area (Å²) in [5.74, 6) is -8.98. The molecule has 0 bridgehead atoms. The maximum Gasteiger partial charge on any atom is 0.405 e. The van der Waals surface area contributed by atoms with Gasteiger partial charge in [-0.3, -0.25) is 9.59 Å². The quantitative estimate of drug-likeness (QED) is 0.295. The van der Waals surface area contributed by atoms with E-state index in [1.807, 2.05) is 0 Å². The Morgan fingerprint density at radius 3 is 2.44 bits per heavy atom. The Morgan fingerprint density at radius 1 is 1.17 bits per heavy atom. The number of nitrogens with one attached hydrogen (secondary N) is 3. The minimum absolute atomic E-state index is 0.00687. The van der Waals surface area contributed by atoms with Gasteiger partial charge in [-0.2, -0.15) is 13.2 Å². The lowest BCUT2D eigenvalue weighted by atomic mass is 9.81. The number of imidazole rings is 1. The molecule has 3 aromatic rings. The average molecular weight is 596 g/mol. The normalized spacial score (nSPS) is 17.5. The Bertz CT molecular complexity index is 1400. The van der Waals surface area contributed by atoms with E-state index in [1.54, 1.807) is 0 Å². The zero-order valence-corrected chi connectivity index (χ0v) is 21.3. The third kappa shape index (κ3) is 7.11. The molecule has 17 heteroatoms. The van der Waals surface area contributed by atoms with E-state index >= 15 is 4.39 Å². The number of halogens is 8. The highest BCUT2D eigenvalue weighted by Crippen LogP contribution is 2.41. The number of carbonyl (C=O) groups is 2. The van der Waals surface area contributed by atoms with Gasteiger partial charge in [0.25, 0.3) is 5.91 Å². The molecule has 0 aliphatic heterocycles. The number of amides is 2. The van der Waals surface area contributed by atoms with Gasteiger partial charge in [-0.25, -0.2) is 31.6 Å². The fourth-order valence-electron chi connectivity index (χ4n) is 4.81. The van der Waals surface area contributed by atoms with Crippen LogP contribution in [0.3, 0.4) is 0 Å². The number of rotatable bonds is 9. The molecule has 224 valence electrons. The van der Waals surface area contributed by atoms with Crippen molar-refractivity contribution < 1.29 is 49.3 Å².